The number of sulfonamides is 1. The Balaban J connectivity index is 1.77. The van der Waals surface area contributed by atoms with Crippen molar-refractivity contribution in [2.24, 2.45) is 0 Å². The molecule has 0 bridgehead atoms. The van der Waals surface area contributed by atoms with E-state index in [-0.39, 0.29) is 24.1 Å². The molecule has 2 aliphatic rings. The molecule has 0 radical (unpaired) electrons. The van der Waals surface area contributed by atoms with Crippen molar-refractivity contribution in [3.05, 3.63) is 0 Å². The van der Waals surface area contributed by atoms with Gasteiger partial charge in [0, 0.05) is 19.5 Å². The average molecular weight is 320 g/mol. The molecule has 1 saturated heterocycles. The van der Waals surface area contributed by atoms with Gasteiger partial charge in [-0.3, -0.25) is 4.79 Å². The maximum Gasteiger partial charge on any atom is 0.221 e. The molecule has 2 unspecified atom stereocenters. The molecule has 21 heavy (non-hydrogen) atoms. The smallest absolute Gasteiger partial charge is 0.221 e. The summed E-state index contributed by atoms with van der Waals surface area (Å²) in [6.45, 7) is 1.51. The Labute approximate surface area is 125 Å². The molecule has 2 N–H and O–H groups in total. The van der Waals surface area contributed by atoms with Gasteiger partial charge in [-0.1, -0.05) is 12.8 Å². The number of carbonyl (C=O) groups is 1. The van der Waals surface area contributed by atoms with Gasteiger partial charge in [0.1, 0.15) is 0 Å². The Hall–Kier alpha value is -0.700. The van der Waals surface area contributed by atoms with Crippen molar-refractivity contribution in [1.29, 1.82) is 0 Å². The lowest BCUT2D eigenvalue weighted by Gasteiger charge is -2.29. The van der Waals surface area contributed by atoms with Crippen molar-refractivity contribution in [3.63, 3.8) is 0 Å². The molecule has 8 heteroatoms. The molecular formula is C13H24N2O5S. The summed E-state index contributed by atoms with van der Waals surface area (Å²) >= 11 is 0. The van der Waals surface area contributed by atoms with Gasteiger partial charge in [0.2, 0.25) is 15.9 Å². The highest BCUT2D eigenvalue weighted by atomic mass is 32.2. The quantitative estimate of drug-likeness (QED) is 0.709. The van der Waals surface area contributed by atoms with Crippen LogP contribution >= 0.6 is 0 Å². The number of amides is 1. The van der Waals surface area contributed by atoms with Crippen molar-refractivity contribution >= 4 is 15.9 Å². The fraction of sp³-hybridized carbons (Fsp3) is 0.923. The third-order valence-electron chi connectivity index (χ3n) is 4.03. The Morgan fingerprint density at radius 2 is 1.90 bits per heavy atom. The molecule has 2 rings (SSSR count). The molecule has 1 aliphatic heterocycles. The van der Waals surface area contributed by atoms with E-state index in [9.17, 15) is 18.3 Å². The van der Waals surface area contributed by atoms with Gasteiger partial charge < -0.3 is 15.2 Å². The van der Waals surface area contributed by atoms with Gasteiger partial charge in [-0.2, -0.15) is 4.31 Å². The van der Waals surface area contributed by atoms with Gasteiger partial charge in [-0.25, -0.2) is 8.42 Å². The van der Waals surface area contributed by atoms with Crippen LogP contribution < -0.4 is 5.32 Å². The largest absolute Gasteiger partial charge is 0.391 e. The zero-order valence-corrected chi connectivity index (χ0v) is 13.0. The molecule has 7 nitrogen and oxygen atoms in total. The summed E-state index contributed by atoms with van der Waals surface area (Å²) in [5.74, 6) is -0.500. The molecule has 0 aromatic carbocycles. The number of hydrogen-bond donors (Lipinski definition) is 2. The van der Waals surface area contributed by atoms with Crippen LogP contribution in [0.25, 0.3) is 0 Å². The molecule has 1 aliphatic carbocycles. The number of rotatable bonds is 5. The normalized spacial score (nSPS) is 28.2. The number of carbonyl (C=O) groups excluding carboxylic acids is 1. The highest BCUT2D eigenvalue weighted by molar-refractivity contribution is 7.89. The minimum absolute atomic E-state index is 0.0666. The van der Waals surface area contributed by atoms with E-state index in [1.54, 1.807) is 0 Å². The number of morpholine rings is 1. The van der Waals surface area contributed by atoms with E-state index in [1.165, 1.54) is 4.31 Å². The highest BCUT2D eigenvalue weighted by Crippen LogP contribution is 2.18. The Kier molecular flexibility index (Phi) is 5.98. The summed E-state index contributed by atoms with van der Waals surface area (Å²) in [5, 5.41) is 12.5. The number of aliphatic hydroxyl groups excluding tert-OH is 1. The van der Waals surface area contributed by atoms with Crippen LogP contribution in [0.3, 0.4) is 0 Å². The lowest BCUT2D eigenvalue weighted by molar-refractivity contribution is -0.122. The molecular weight excluding hydrogens is 296 g/mol. The molecule has 0 aromatic rings. The van der Waals surface area contributed by atoms with E-state index in [0.717, 1.165) is 19.3 Å². The summed E-state index contributed by atoms with van der Waals surface area (Å²) in [4.78, 5) is 11.9. The molecule has 1 amide bonds. The van der Waals surface area contributed by atoms with Gasteiger partial charge in [0.25, 0.3) is 0 Å². The van der Waals surface area contributed by atoms with E-state index in [4.69, 9.17) is 4.74 Å². The lowest BCUT2D eigenvalue weighted by atomic mass is 9.92. The van der Waals surface area contributed by atoms with Crippen LogP contribution in [-0.4, -0.2) is 67.9 Å². The highest BCUT2D eigenvalue weighted by Gasteiger charge is 2.27. The fourth-order valence-corrected chi connectivity index (χ4v) is 4.14. The molecule has 1 saturated carbocycles. The fourth-order valence-electron chi connectivity index (χ4n) is 2.73. The molecule has 122 valence electrons. The average Bonchev–Trinajstić information content (AvgIpc) is 2.49. The summed E-state index contributed by atoms with van der Waals surface area (Å²) in [5.41, 5.74) is 0. The van der Waals surface area contributed by atoms with Crippen molar-refractivity contribution in [2.75, 3.05) is 32.1 Å². The zero-order chi connectivity index (χ0) is 15.3. The van der Waals surface area contributed by atoms with Gasteiger partial charge in [-0.05, 0) is 12.8 Å². The van der Waals surface area contributed by atoms with E-state index in [1.807, 2.05) is 0 Å². The topological polar surface area (TPSA) is 95.9 Å². The van der Waals surface area contributed by atoms with Crippen molar-refractivity contribution in [2.45, 2.75) is 44.2 Å². The summed E-state index contributed by atoms with van der Waals surface area (Å²) in [7, 11) is -3.40. The number of ether oxygens (including phenoxy) is 1. The van der Waals surface area contributed by atoms with Gasteiger partial charge in [0.15, 0.2) is 0 Å². The number of hydrogen-bond acceptors (Lipinski definition) is 5. The van der Waals surface area contributed by atoms with Crippen LogP contribution in [-0.2, 0) is 19.6 Å². The Morgan fingerprint density at radius 3 is 2.57 bits per heavy atom. The Bertz CT molecular complexity index is 447. The third kappa shape index (κ3) is 4.91. The SMILES string of the molecule is O=C(CCS(=O)(=O)N1CCOCC1)NC1CCCCC1O. The van der Waals surface area contributed by atoms with Crippen LogP contribution in [0.4, 0.5) is 0 Å². The summed E-state index contributed by atoms with van der Waals surface area (Å²) < 4.78 is 30.7. The molecule has 2 fully saturated rings. The van der Waals surface area contributed by atoms with Crippen molar-refractivity contribution in [3.8, 4) is 0 Å². The van der Waals surface area contributed by atoms with Crippen molar-refractivity contribution in [1.82, 2.24) is 9.62 Å². The van der Waals surface area contributed by atoms with Gasteiger partial charge in [0.05, 0.1) is 31.1 Å². The second-order valence-electron chi connectivity index (χ2n) is 5.60. The number of nitrogens with zero attached hydrogens (tertiary/aromatic N) is 1. The van der Waals surface area contributed by atoms with E-state index >= 15 is 0 Å². The zero-order valence-electron chi connectivity index (χ0n) is 12.2. The predicted molar refractivity (Wildman–Crippen MR) is 77.2 cm³/mol. The first-order valence-corrected chi connectivity index (χ1v) is 9.13. The number of nitrogens with one attached hydrogen (secondary N) is 1. The van der Waals surface area contributed by atoms with E-state index in [2.05, 4.69) is 5.32 Å². The van der Waals surface area contributed by atoms with Crippen LogP contribution in [0.5, 0.6) is 0 Å². The summed E-state index contributed by atoms with van der Waals surface area (Å²) in [6.07, 6.45) is 2.81. The Morgan fingerprint density at radius 1 is 1.24 bits per heavy atom. The second kappa shape index (κ2) is 7.53. The van der Waals surface area contributed by atoms with Gasteiger partial charge >= 0.3 is 0 Å². The van der Waals surface area contributed by atoms with E-state index < -0.39 is 16.1 Å². The van der Waals surface area contributed by atoms with E-state index in [0.29, 0.717) is 32.7 Å². The van der Waals surface area contributed by atoms with Gasteiger partial charge in [-0.15, -0.1) is 0 Å². The molecule has 1 heterocycles. The standard InChI is InChI=1S/C13H24N2O5S/c16-12-4-2-1-3-11(12)14-13(17)5-10-21(18,19)15-6-8-20-9-7-15/h11-12,16H,1-10H2,(H,14,17). The first-order chi connectivity index (χ1) is 9.99. The molecule has 0 spiro atoms. The minimum atomic E-state index is -3.40. The number of aliphatic hydroxyl groups is 1. The molecule has 2 atom stereocenters. The second-order valence-corrected chi connectivity index (χ2v) is 7.69. The maximum absolute atomic E-state index is 12.1. The third-order valence-corrected chi connectivity index (χ3v) is 5.90. The van der Waals surface area contributed by atoms with Crippen LogP contribution in [0, 0.1) is 0 Å². The maximum atomic E-state index is 12.1. The van der Waals surface area contributed by atoms with Crippen molar-refractivity contribution < 1.29 is 23.1 Å². The van der Waals surface area contributed by atoms with Crippen LogP contribution in [0.1, 0.15) is 32.1 Å². The lowest BCUT2D eigenvalue weighted by Crippen LogP contribution is -2.46. The predicted octanol–water partition coefficient (Wildman–Crippen LogP) is -0.542. The molecule has 0 aromatic heterocycles. The monoisotopic (exact) mass is 320 g/mol. The first-order valence-electron chi connectivity index (χ1n) is 7.52. The van der Waals surface area contributed by atoms with Crippen LogP contribution in [0.15, 0.2) is 0 Å². The minimum Gasteiger partial charge on any atom is -0.391 e. The van der Waals surface area contributed by atoms with Crippen LogP contribution in [0.2, 0.25) is 0 Å². The summed E-state index contributed by atoms with van der Waals surface area (Å²) in [6, 6.07) is -0.239. The first kappa shape index (κ1) is 16.7.